The lowest BCUT2D eigenvalue weighted by atomic mass is 9.78. The van der Waals surface area contributed by atoms with Gasteiger partial charge in [-0.1, -0.05) is 25.0 Å². The summed E-state index contributed by atoms with van der Waals surface area (Å²) in [6.45, 7) is 0.514. The second-order valence-electron chi connectivity index (χ2n) is 6.87. The highest BCUT2D eigenvalue weighted by Gasteiger charge is 2.35. The predicted molar refractivity (Wildman–Crippen MR) is 95.7 cm³/mol. The van der Waals surface area contributed by atoms with E-state index in [-0.39, 0.29) is 18.1 Å². The first-order valence-corrected chi connectivity index (χ1v) is 10.5. The molecule has 3 atom stereocenters. The molecular weight excluding hydrogens is 338 g/mol. The number of likely N-dealkylation sites (tertiary alicyclic amines) is 1. The lowest BCUT2D eigenvalue weighted by Gasteiger charge is -2.44. The minimum atomic E-state index is -1.28. The van der Waals surface area contributed by atoms with E-state index in [2.05, 4.69) is 0 Å². The van der Waals surface area contributed by atoms with Crippen molar-refractivity contribution in [3.05, 3.63) is 29.8 Å². The van der Waals surface area contributed by atoms with Gasteiger partial charge >= 0.3 is 5.97 Å². The third kappa shape index (κ3) is 4.11. The largest absolute Gasteiger partial charge is 0.452 e. The average molecular weight is 363 g/mol. The van der Waals surface area contributed by atoms with Gasteiger partial charge in [0.15, 0.2) is 6.61 Å². The molecule has 136 valence electrons. The van der Waals surface area contributed by atoms with E-state index in [0.29, 0.717) is 16.9 Å². The van der Waals surface area contributed by atoms with E-state index in [1.54, 1.807) is 24.3 Å². The van der Waals surface area contributed by atoms with Gasteiger partial charge in [0, 0.05) is 18.8 Å². The summed E-state index contributed by atoms with van der Waals surface area (Å²) >= 11 is 0. The van der Waals surface area contributed by atoms with Crippen LogP contribution < -0.4 is 0 Å². The molecule has 6 heteroatoms. The maximum absolute atomic E-state index is 12.6. The SMILES string of the molecule is C[S@](=O)c1ccccc1C(=O)OCC(=O)N1CCC[C@H]2CCCC[C@@H]21. The van der Waals surface area contributed by atoms with Gasteiger partial charge in [-0.25, -0.2) is 4.79 Å². The standard InChI is InChI=1S/C19H25NO4S/c1-25(23)17-11-5-3-9-15(17)19(22)24-13-18(21)20-12-6-8-14-7-2-4-10-16(14)20/h3,5,9,11,14,16H,2,4,6-8,10,12-13H2,1H3/t14-,16+,25+/m1/s1. The summed E-state index contributed by atoms with van der Waals surface area (Å²) in [7, 11) is -1.28. The van der Waals surface area contributed by atoms with Crippen molar-refractivity contribution in [1.29, 1.82) is 0 Å². The summed E-state index contributed by atoms with van der Waals surface area (Å²) in [6.07, 6.45) is 8.42. The summed E-state index contributed by atoms with van der Waals surface area (Å²) in [5.41, 5.74) is 0.269. The van der Waals surface area contributed by atoms with Crippen LogP contribution in [0, 0.1) is 5.92 Å². The molecule has 3 rings (SSSR count). The molecule has 0 bridgehead atoms. The minimum Gasteiger partial charge on any atom is -0.452 e. The van der Waals surface area contributed by atoms with Crippen molar-refractivity contribution in [2.75, 3.05) is 19.4 Å². The number of piperidine rings is 1. The average Bonchev–Trinajstić information content (AvgIpc) is 2.65. The molecule has 2 aliphatic rings. The summed E-state index contributed by atoms with van der Waals surface area (Å²) in [5.74, 6) is -0.0956. The van der Waals surface area contributed by atoms with Gasteiger partial charge in [-0.05, 0) is 43.7 Å². The van der Waals surface area contributed by atoms with Crippen LogP contribution in [0.2, 0.25) is 0 Å². The molecule has 5 nitrogen and oxygen atoms in total. The number of carbonyl (C=O) groups is 2. The topological polar surface area (TPSA) is 63.7 Å². The molecule has 1 aliphatic heterocycles. The number of amides is 1. The Morgan fingerprint density at radius 3 is 2.68 bits per heavy atom. The Morgan fingerprint density at radius 2 is 1.88 bits per heavy atom. The van der Waals surface area contributed by atoms with Crippen molar-refractivity contribution < 1.29 is 18.5 Å². The smallest absolute Gasteiger partial charge is 0.339 e. The quantitative estimate of drug-likeness (QED) is 0.772. The van der Waals surface area contributed by atoms with E-state index in [1.165, 1.54) is 31.9 Å². The molecule has 1 aromatic rings. The molecule has 0 N–H and O–H groups in total. The highest BCUT2D eigenvalue weighted by atomic mass is 32.2. The predicted octanol–water partition coefficient (Wildman–Crippen LogP) is 2.76. The summed E-state index contributed by atoms with van der Waals surface area (Å²) < 4.78 is 17.0. The van der Waals surface area contributed by atoms with Crippen LogP contribution in [0.4, 0.5) is 0 Å². The fourth-order valence-corrected chi connectivity index (χ4v) is 4.84. The Balaban J connectivity index is 1.62. The molecule has 1 heterocycles. The van der Waals surface area contributed by atoms with Gasteiger partial charge in [-0.15, -0.1) is 0 Å². The van der Waals surface area contributed by atoms with E-state index in [1.807, 2.05) is 4.90 Å². The first kappa shape index (κ1) is 18.1. The molecular formula is C19H25NO4S. The van der Waals surface area contributed by atoms with Crippen molar-refractivity contribution in [3.63, 3.8) is 0 Å². The highest BCUT2D eigenvalue weighted by Crippen LogP contribution is 2.35. The number of hydrogen-bond donors (Lipinski definition) is 0. The highest BCUT2D eigenvalue weighted by molar-refractivity contribution is 7.84. The third-order valence-corrected chi connectivity index (χ3v) is 6.28. The van der Waals surface area contributed by atoms with E-state index in [9.17, 15) is 13.8 Å². The Bertz CT molecular complexity index is 673. The molecule has 1 aromatic carbocycles. The molecule has 0 aromatic heterocycles. The van der Waals surface area contributed by atoms with Gasteiger partial charge in [0.1, 0.15) is 0 Å². The molecule has 0 unspecified atom stereocenters. The van der Waals surface area contributed by atoms with Crippen LogP contribution in [0.1, 0.15) is 48.9 Å². The van der Waals surface area contributed by atoms with Crippen molar-refractivity contribution in [2.24, 2.45) is 5.92 Å². The van der Waals surface area contributed by atoms with E-state index in [0.717, 1.165) is 19.4 Å². The zero-order chi connectivity index (χ0) is 17.8. The van der Waals surface area contributed by atoms with Crippen LogP contribution in [0.15, 0.2) is 29.2 Å². The first-order chi connectivity index (χ1) is 12.1. The summed E-state index contributed by atoms with van der Waals surface area (Å²) in [5, 5.41) is 0. The number of rotatable bonds is 4. The number of hydrogen-bond acceptors (Lipinski definition) is 4. The molecule has 0 spiro atoms. The summed E-state index contributed by atoms with van der Waals surface area (Å²) in [4.78, 5) is 27.3. The molecule has 2 fully saturated rings. The lowest BCUT2D eigenvalue weighted by molar-refractivity contribution is -0.140. The van der Waals surface area contributed by atoms with Crippen LogP contribution in [0.3, 0.4) is 0 Å². The normalized spacial score (nSPS) is 24.3. The van der Waals surface area contributed by atoms with Crippen molar-refractivity contribution in [1.82, 2.24) is 4.90 Å². The van der Waals surface area contributed by atoms with Crippen LogP contribution in [0.25, 0.3) is 0 Å². The van der Waals surface area contributed by atoms with Crippen LogP contribution in [0.5, 0.6) is 0 Å². The third-order valence-electron chi connectivity index (χ3n) is 5.31. The zero-order valence-electron chi connectivity index (χ0n) is 14.6. The van der Waals surface area contributed by atoms with Crippen LogP contribution in [-0.2, 0) is 20.3 Å². The number of carbonyl (C=O) groups excluding carboxylic acids is 2. The van der Waals surface area contributed by atoms with E-state index < -0.39 is 16.8 Å². The van der Waals surface area contributed by atoms with Gasteiger partial charge < -0.3 is 9.64 Å². The van der Waals surface area contributed by atoms with Gasteiger partial charge in [0.05, 0.1) is 21.3 Å². The second kappa shape index (κ2) is 8.13. The summed E-state index contributed by atoms with van der Waals surface area (Å²) in [6, 6.07) is 6.97. The Kier molecular flexibility index (Phi) is 5.89. The van der Waals surface area contributed by atoms with Crippen LogP contribution in [-0.4, -0.2) is 46.4 Å². The zero-order valence-corrected chi connectivity index (χ0v) is 15.4. The minimum absolute atomic E-state index is 0.111. The fourth-order valence-electron chi connectivity index (χ4n) is 4.11. The molecule has 0 radical (unpaired) electrons. The number of esters is 1. The van der Waals surface area contributed by atoms with Crippen molar-refractivity contribution >= 4 is 22.7 Å². The molecule has 1 amide bonds. The van der Waals surface area contributed by atoms with E-state index >= 15 is 0 Å². The Morgan fingerprint density at radius 1 is 1.16 bits per heavy atom. The Labute approximate surface area is 151 Å². The maximum Gasteiger partial charge on any atom is 0.339 e. The Hall–Kier alpha value is -1.69. The molecule has 1 aliphatic carbocycles. The number of fused-ring (bicyclic) bond motifs is 1. The second-order valence-corrected chi connectivity index (χ2v) is 8.22. The number of ether oxygens (including phenoxy) is 1. The van der Waals surface area contributed by atoms with Gasteiger partial charge in [0.2, 0.25) is 0 Å². The lowest BCUT2D eigenvalue weighted by Crippen LogP contribution is -2.50. The monoisotopic (exact) mass is 363 g/mol. The molecule has 1 saturated heterocycles. The number of nitrogens with zero attached hydrogens (tertiary/aromatic N) is 1. The molecule has 1 saturated carbocycles. The maximum atomic E-state index is 12.6. The van der Waals surface area contributed by atoms with E-state index in [4.69, 9.17) is 4.74 Å². The van der Waals surface area contributed by atoms with Gasteiger partial charge in [-0.2, -0.15) is 0 Å². The van der Waals surface area contributed by atoms with Gasteiger partial charge in [-0.3, -0.25) is 9.00 Å². The van der Waals surface area contributed by atoms with Crippen molar-refractivity contribution in [2.45, 2.75) is 49.5 Å². The molecule has 25 heavy (non-hydrogen) atoms. The van der Waals surface area contributed by atoms with Crippen molar-refractivity contribution in [3.8, 4) is 0 Å². The fraction of sp³-hybridized carbons (Fsp3) is 0.579. The number of benzene rings is 1. The first-order valence-electron chi connectivity index (χ1n) is 8.97. The van der Waals surface area contributed by atoms with Crippen LogP contribution >= 0.6 is 0 Å². The van der Waals surface area contributed by atoms with Gasteiger partial charge in [0.25, 0.3) is 5.91 Å².